The van der Waals surface area contributed by atoms with Gasteiger partial charge in [-0.1, -0.05) is 12.7 Å². The summed E-state index contributed by atoms with van der Waals surface area (Å²) in [6.45, 7) is 7.80. The maximum absolute atomic E-state index is 4.24. The fraction of sp³-hybridized carbons (Fsp3) is 0.222. The summed E-state index contributed by atoms with van der Waals surface area (Å²) < 4.78 is 0. The standard InChI is InChI=1S/C9H11NS/c1-4-7(3)9-8(5-2)11-6-10-9/h4-6H,2H2,1,3H3/b7-4-. The van der Waals surface area contributed by atoms with Gasteiger partial charge in [-0.3, -0.25) is 0 Å². The van der Waals surface area contributed by atoms with E-state index < -0.39 is 0 Å². The average molecular weight is 165 g/mol. The third kappa shape index (κ3) is 1.57. The molecular formula is C9H11NS. The summed E-state index contributed by atoms with van der Waals surface area (Å²) in [5.41, 5.74) is 4.12. The third-order valence-corrected chi connectivity index (χ3v) is 2.41. The lowest BCUT2D eigenvalue weighted by atomic mass is 10.2. The van der Waals surface area contributed by atoms with Gasteiger partial charge in [-0.25, -0.2) is 4.98 Å². The van der Waals surface area contributed by atoms with Crippen LogP contribution in [0.4, 0.5) is 0 Å². The molecule has 0 N–H and O–H groups in total. The van der Waals surface area contributed by atoms with Crippen molar-refractivity contribution in [3.05, 3.63) is 28.7 Å². The second-order valence-electron chi connectivity index (χ2n) is 2.24. The Labute approximate surface area is 71.1 Å². The van der Waals surface area contributed by atoms with Crippen molar-refractivity contribution in [3.8, 4) is 0 Å². The van der Waals surface area contributed by atoms with E-state index in [1.54, 1.807) is 11.3 Å². The highest BCUT2D eigenvalue weighted by Gasteiger charge is 2.02. The molecule has 11 heavy (non-hydrogen) atoms. The largest absolute Gasteiger partial charge is 0.244 e. The number of hydrogen-bond acceptors (Lipinski definition) is 2. The van der Waals surface area contributed by atoms with Crippen molar-refractivity contribution in [2.24, 2.45) is 0 Å². The quantitative estimate of drug-likeness (QED) is 0.655. The van der Waals surface area contributed by atoms with Gasteiger partial charge in [0.25, 0.3) is 0 Å². The van der Waals surface area contributed by atoms with Gasteiger partial charge in [-0.2, -0.15) is 0 Å². The summed E-state index contributed by atoms with van der Waals surface area (Å²) in [7, 11) is 0. The molecule has 1 aromatic rings. The number of aromatic nitrogens is 1. The summed E-state index contributed by atoms with van der Waals surface area (Å²) in [6, 6.07) is 0. The lowest BCUT2D eigenvalue weighted by Gasteiger charge is -1.95. The number of hydrogen-bond donors (Lipinski definition) is 0. The molecule has 0 bridgehead atoms. The molecule has 1 rings (SSSR count). The summed E-state index contributed by atoms with van der Waals surface area (Å²) in [5.74, 6) is 0. The van der Waals surface area contributed by atoms with Crippen molar-refractivity contribution >= 4 is 23.0 Å². The topological polar surface area (TPSA) is 12.9 Å². The summed E-state index contributed by atoms with van der Waals surface area (Å²) in [5, 5.41) is 0. The van der Waals surface area contributed by atoms with Crippen LogP contribution in [0.25, 0.3) is 11.6 Å². The zero-order valence-corrected chi connectivity index (χ0v) is 7.61. The second kappa shape index (κ2) is 3.49. The second-order valence-corrected chi connectivity index (χ2v) is 3.13. The van der Waals surface area contributed by atoms with Crippen LogP contribution in [-0.2, 0) is 0 Å². The van der Waals surface area contributed by atoms with E-state index in [1.807, 2.05) is 18.5 Å². The Morgan fingerprint density at radius 3 is 3.00 bits per heavy atom. The first-order valence-electron chi connectivity index (χ1n) is 3.48. The van der Waals surface area contributed by atoms with Gasteiger partial charge in [0.15, 0.2) is 0 Å². The number of rotatable bonds is 2. The average Bonchev–Trinajstić information content (AvgIpc) is 2.50. The Morgan fingerprint density at radius 2 is 2.45 bits per heavy atom. The SMILES string of the molecule is C=Cc1scnc1/C(C)=C\C. The molecule has 1 heterocycles. The van der Waals surface area contributed by atoms with Crippen molar-refractivity contribution in [2.75, 3.05) is 0 Å². The lowest BCUT2D eigenvalue weighted by molar-refractivity contribution is 1.33. The van der Waals surface area contributed by atoms with Crippen LogP contribution < -0.4 is 0 Å². The molecule has 0 unspecified atom stereocenters. The van der Waals surface area contributed by atoms with Crippen molar-refractivity contribution in [1.29, 1.82) is 0 Å². The first-order valence-corrected chi connectivity index (χ1v) is 4.36. The maximum Gasteiger partial charge on any atom is 0.0837 e. The van der Waals surface area contributed by atoms with Crippen molar-refractivity contribution in [2.45, 2.75) is 13.8 Å². The van der Waals surface area contributed by atoms with Crippen LogP contribution in [0, 0.1) is 0 Å². The van der Waals surface area contributed by atoms with E-state index >= 15 is 0 Å². The Morgan fingerprint density at radius 1 is 1.73 bits per heavy atom. The highest BCUT2D eigenvalue weighted by molar-refractivity contribution is 7.10. The van der Waals surface area contributed by atoms with Gasteiger partial charge in [-0.05, 0) is 25.5 Å². The van der Waals surface area contributed by atoms with Gasteiger partial charge in [0, 0.05) is 0 Å². The van der Waals surface area contributed by atoms with Crippen LogP contribution in [0.2, 0.25) is 0 Å². The predicted molar refractivity (Wildman–Crippen MR) is 51.5 cm³/mol. The fourth-order valence-corrected chi connectivity index (χ4v) is 1.53. The first kappa shape index (κ1) is 8.21. The molecule has 0 saturated carbocycles. The minimum atomic E-state index is 1.06. The molecular weight excluding hydrogens is 154 g/mol. The first-order chi connectivity index (χ1) is 5.29. The molecule has 0 aliphatic heterocycles. The molecule has 0 amide bonds. The Hall–Kier alpha value is -0.890. The molecule has 0 spiro atoms. The van der Waals surface area contributed by atoms with E-state index in [0.29, 0.717) is 0 Å². The highest BCUT2D eigenvalue weighted by Crippen LogP contribution is 2.21. The van der Waals surface area contributed by atoms with Crippen molar-refractivity contribution < 1.29 is 0 Å². The monoisotopic (exact) mass is 165 g/mol. The molecule has 1 nitrogen and oxygen atoms in total. The normalized spacial score (nSPS) is 11.6. The van der Waals surface area contributed by atoms with Crippen LogP contribution in [-0.4, -0.2) is 4.98 Å². The number of nitrogens with zero attached hydrogens (tertiary/aromatic N) is 1. The minimum Gasteiger partial charge on any atom is -0.244 e. The third-order valence-electron chi connectivity index (χ3n) is 1.59. The van der Waals surface area contributed by atoms with Crippen LogP contribution in [0.1, 0.15) is 24.4 Å². The maximum atomic E-state index is 4.24. The van der Waals surface area contributed by atoms with Gasteiger partial charge >= 0.3 is 0 Å². The molecule has 58 valence electrons. The molecule has 0 atom stereocenters. The molecule has 0 fully saturated rings. The zero-order chi connectivity index (χ0) is 8.27. The van der Waals surface area contributed by atoms with Crippen LogP contribution in [0.5, 0.6) is 0 Å². The highest BCUT2D eigenvalue weighted by atomic mass is 32.1. The van der Waals surface area contributed by atoms with Crippen LogP contribution in [0.15, 0.2) is 18.2 Å². The zero-order valence-electron chi connectivity index (χ0n) is 6.79. The summed E-state index contributed by atoms with van der Waals surface area (Å²) in [4.78, 5) is 5.39. The lowest BCUT2D eigenvalue weighted by Crippen LogP contribution is -1.80. The molecule has 1 aromatic heterocycles. The van der Waals surface area contributed by atoms with Gasteiger partial charge in [0.05, 0.1) is 16.1 Å². The van der Waals surface area contributed by atoms with E-state index in [9.17, 15) is 0 Å². The van der Waals surface area contributed by atoms with Gasteiger partial charge in [-0.15, -0.1) is 11.3 Å². The number of thiazole rings is 1. The van der Waals surface area contributed by atoms with Crippen molar-refractivity contribution in [3.63, 3.8) is 0 Å². The summed E-state index contributed by atoms with van der Waals surface area (Å²) in [6.07, 6.45) is 3.90. The van der Waals surface area contributed by atoms with Crippen molar-refractivity contribution in [1.82, 2.24) is 4.98 Å². The Kier molecular flexibility index (Phi) is 2.60. The minimum absolute atomic E-state index is 1.06. The molecule has 0 aromatic carbocycles. The van der Waals surface area contributed by atoms with E-state index in [4.69, 9.17) is 0 Å². The van der Waals surface area contributed by atoms with Gasteiger partial charge in [0.1, 0.15) is 0 Å². The molecule has 0 saturated heterocycles. The molecule has 0 radical (unpaired) electrons. The van der Waals surface area contributed by atoms with Crippen LogP contribution in [0.3, 0.4) is 0 Å². The van der Waals surface area contributed by atoms with E-state index in [-0.39, 0.29) is 0 Å². The van der Waals surface area contributed by atoms with Gasteiger partial charge in [0.2, 0.25) is 0 Å². The smallest absolute Gasteiger partial charge is 0.0837 e. The van der Waals surface area contributed by atoms with Gasteiger partial charge < -0.3 is 0 Å². The molecule has 2 heteroatoms. The van der Waals surface area contributed by atoms with E-state index in [1.165, 1.54) is 5.57 Å². The Balaban J connectivity index is 3.12. The van der Waals surface area contributed by atoms with E-state index in [2.05, 4.69) is 24.6 Å². The van der Waals surface area contributed by atoms with Crippen LogP contribution >= 0.6 is 11.3 Å². The summed E-state index contributed by atoms with van der Waals surface area (Å²) >= 11 is 1.62. The Bertz CT molecular complexity index is 284. The predicted octanol–water partition coefficient (Wildman–Crippen LogP) is 3.21. The number of allylic oxidation sites excluding steroid dienone is 2. The fourth-order valence-electron chi connectivity index (χ4n) is 0.833. The molecule has 0 aliphatic carbocycles. The van der Waals surface area contributed by atoms with E-state index in [0.717, 1.165) is 10.6 Å². The molecule has 0 aliphatic rings.